The smallest absolute Gasteiger partial charge is 0.137 e. The first-order chi connectivity index (χ1) is 13.2. The van der Waals surface area contributed by atoms with E-state index >= 15 is 0 Å². The Morgan fingerprint density at radius 2 is 1.11 bits per heavy atom. The van der Waals surface area contributed by atoms with Crippen LogP contribution in [-0.2, 0) is 13.2 Å². The van der Waals surface area contributed by atoms with Gasteiger partial charge in [0.25, 0.3) is 0 Å². The number of hydrogen-bond donors (Lipinski definition) is 0. The molecule has 0 heterocycles. The lowest BCUT2D eigenvalue weighted by atomic mass is 10.2. The van der Waals surface area contributed by atoms with Crippen molar-refractivity contribution in [2.24, 2.45) is 0 Å². The second-order valence-electron chi connectivity index (χ2n) is 5.87. The Morgan fingerprint density at radius 3 is 1.63 bits per heavy atom. The third kappa shape index (κ3) is 5.41. The van der Waals surface area contributed by atoms with Gasteiger partial charge in [0.05, 0.1) is 18.7 Å². The molecule has 0 radical (unpaired) electrons. The van der Waals surface area contributed by atoms with E-state index in [1.165, 1.54) is 0 Å². The van der Waals surface area contributed by atoms with Gasteiger partial charge in [0.15, 0.2) is 0 Å². The highest BCUT2D eigenvalue weighted by Crippen LogP contribution is 2.30. The summed E-state index contributed by atoms with van der Waals surface area (Å²) >= 11 is 3.52. The van der Waals surface area contributed by atoms with E-state index < -0.39 is 0 Å². The maximum absolute atomic E-state index is 5.94. The Kier molecular flexibility index (Phi) is 6.60. The van der Waals surface area contributed by atoms with Crippen LogP contribution in [-0.4, -0.2) is 14.2 Å². The minimum Gasteiger partial charge on any atom is -0.497 e. The van der Waals surface area contributed by atoms with E-state index in [-0.39, 0.29) is 0 Å². The molecule has 0 fully saturated rings. The lowest BCUT2D eigenvalue weighted by molar-refractivity contribution is 0.288. The summed E-state index contributed by atoms with van der Waals surface area (Å²) in [5.41, 5.74) is 2.13. The van der Waals surface area contributed by atoms with E-state index in [4.69, 9.17) is 18.9 Å². The predicted octanol–water partition coefficient (Wildman–Crippen LogP) is 5.62. The standard InChI is InChI=1S/C22H21BrO4/c1-24-18-7-3-16(4-8-18)14-26-20-11-12-21(23)22(13-20)27-15-17-5-9-19(25-2)10-6-17/h3-13H,14-15H2,1-2H3. The topological polar surface area (TPSA) is 36.9 Å². The van der Waals surface area contributed by atoms with E-state index in [9.17, 15) is 0 Å². The van der Waals surface area contributed by atoms with E-state index in [0.717, 1.165) is 38.6 Å². The second kappa shape index (κ2) is 9.33. The van der Waals surface area contributed by atoms with Crippen molar-refractivity contribution in [1.82, 2.24) is 0 Å². The van der Waals surface area contributed by atoms with Gasteiger partial charge >= 0.3 is 0 Å². The van der Waals surface area contributed by atoms with E-state index in [0.29, 0.717) is 13.2 Å². The van der Waals surface area contributed by atoms with Gasteiger partial charge in [-0.05, 0) is 63.5 Å². The normalized spacial score (nSPS) is 10.3. The maximum atomic E-state index is 5.94. The van der Waals surface area contributed by atoms with Crippen LogP contribution in [0, 0.1) is 0 Å². The quantitative estimate of drug-likeness (QED) is 0.466. The molecular weight excluding hydrogens is 408 g/mol. The molecule has 0 saturated heterocycles. The van der Waals surface area contributed by atoms with Gasteiger partial charge in [0, 0.05) is 6.07 Å². The molecule has 0 aliphatic carbocycles. The summed E-state index contributed by atoms with van der Waals surface area (Å²) in [6, 6.07) is 21.3. The monoisotopic (exact) mass is 428 g/mol. The average molecular weight is 429 g/mol. The minimum atomic E-state index is 0.463. The van der Waals surface area contributed by atoms with Crippen LogP contribution in [0.15, 0.2) is 71.2 Å². The molecule has 0 spiro atoms. The summed E-state index contributed by atoms with van der Waals surface area (Å²) < 4.78 is 23.0. The van der Waals surface area contributed by atoms with Crippen LogP contribution in [0.5, 0.6) is 23.0 Å². The number of halogens is 1. The zero-order valence-electron chi connectivity index (χ0n) is 15.3. The van der Waals surface area contributed by atoms with Crippen LogP contribution >= 0.6 is 15.9 Å². The lowest BCUT2D eigenvalue weighted by Gasteiger charge is -2.12. The van der Waals surface area contributed by atoms with Gasteiger partial charge in [-0.3, -0.25) is 0 Å². The van der Waals surface area contributed by atoms with Gasteiger partial charge < -0.3 is 18.9 Å². The third-order valence-corrected chi connectivity index (χ3v) is 4.68. The molecule has 0 aromatic heterocycles. The summed E-state index contributed by atoms with van der Waals surface area (Å²) in [7, 11) is 3.31. The first kappa shape index (κ1) is 19.1. The number of rotatable bonds is 8. The molecule has 27 heavy (non-hydrogen) atoms. The number of ether oxygens (including phenoxy) is 4. The molecule has 0 bridgehead atoms. The Hall–Kier alpha value is -2.66. The van der Waals surface area contributed by atoms with Crippen LogP contribution in [0.4, 0.5) is 0 Å². The highest BCUT2D eigenvalue weighted by Gasteiger charge is 2.06. The zero-order chi connectivity index (χ0) is 19.1. The fourth-order valence-corrected chi connectivity index (χ4v) is 2.82. The summed E-state index contributed by atoms with van der Waals surface area (Å²) in [5.74, 6) is 3.14. The van der Waals surface area contributed by atoms with Crippen LogP contribution in [0.1, 0.15) is 11.1 Å². The third-order valence-electron chi connectivity index (χ3n) is 4.02. The molecule has 0 saturated carbocycles. The molecule has 5 heteroatoms. The van der Waals surface area contributed by atoms with Gasteiger partial charge in [0.1, 0.15) is 36.2 Å². The molecule has 140 valence electrons. The largest absolute Gasteiger partial charge is 0.497 e. The van der Waals surface area contributed by atoms with Crippen molar-refractivity contribution in [2.75, 3.05) is 14.2 Å². The van der Waals surface area contributed by atoms with Crippen LogP contribution in [0.3, 0.4) is 0 Å². The Morgan fingerprint density at radius 1 is 0.630 bits per heavy atom. The highest BCUT2D eigenvalue weighted by molar-refractivity contribution is 9.10. The SMILES string of the molecule is COc1ccc(COc2ccc(Br)c(OCc3ccc(OC)cc3)c2)cc1. The van der Waals surface area contributed by atoms with Gasteiger partial charge in [0.2, 0.25) is 0 Å². The van der Waals surface area contributed by atoms with E-state index in [2.05, 4.69) is 15.9 Å². The summed E-state index contributed by atoms with van der Waals surface area (Å²) in [5, 5.41) is 0. The Labute approximate surface area is 167 Å². The maximum Gasteiger partial charge on any atom is 0.137 e. The first-order valence-corrected chi connectivity index (χ1v) is 9.28. The summed E-state index contributed by atoms with van der Waals surface area (Å²) in [6.07, 6.45) is 0. The molecule has 0 atom stereocenters. The molecule has 0 amide bonds. The van der Waals surface area contributed by atoms with Crippen molar-refractivity contribution in [1.29, 1.82) is 0 Å². The molecule has 3 rings (SSSR count). The summed E-state index contributed by atoms with van der Waals surface area (Å²) in [6.45, 7) is 0.939. The average Bonchev–Trinajstić information content (AvgIpc) is 2.73. The molecule has 0 aliphatic heterocycles. The van der Waals surface area contributed by atoms with Gasteiger partial charge in [-0.1, -0.05) is 24.3 Å². The number of hydrogen-bond acceptors (Lipinski definition) is 4. The predicted molar refractivity (Wildman–Crippen MR) is 109 cm³/mol. The Bertz CT molecular complexity index is 860. The van der Waals surface area contributed by atoms with Crippen molar-refractivity contribution in [3.63, 3.8) is 0 Å². The van der Waals surface area contributed by atoms with Crippen LogP contribution in [0.2, 0.25) is 0 Å². The molecule has 4 nitrogen and oxygen atoms in total. The summed E-state index contributed by atoms with van der Waals surface area (Å²) in [4.78, 5) is 0. The first-order valence-electron chi connectivity index (χ1n) is 8.49. The fourth-order valence-electron chi connectivity index (χ4n) is 2.46. The van der Waals surface area contributed by atoms with Gasteiger partial charge in [-0.25, -0.2) is 0 Å². The molecule has 0 aliphatic rings. The Balaban J connectivity index is 1.60. The molecule has 3 aromatic rings. The number of methoxy groups -OCH3 is 2. The molecular formula is C22H21BrO4. The van der Waals surface area contributed by atoms with Gasteiger partial charge in [-0.15, -0.1) is 0 Å². The minimum absolute atomic E-state index is 0.463. The van der Waals surface area contributed by atoms with Crippen LogP contribution < -0.4 is 18.9 Å². The molecule has 0 unspecified atom stereocenters. The van der Waals surface area contributed by atoms with Crippen molar-refractivity contribution in [3.05, 3.63) is 82.3 Å². The van der Waals surface area contributed by atoms with E-state index in [1.54, 1.807) is 14.2 Å². The lowest BCUT2D eigenvalue weighted by Crippen LogP contribution is -1.98. The number of benzene rings is 3. The molecule has 0 N–H and O–H groups in total. The van der Waals surface area contributed by atoms with Gasteiger partial charge in [-0.2, -0.15) is 0 Å². The van der Waals surface area contributed by atoms with Crippen molar-refractivity contribution >= 4 is 15.9 Å². The van der Waals surface area contributed by atoms with E-state index in [1.807, 2.05) is 66.7 Å². The van der Waals surface area contributed by atoms with Crippen molar-refractivity contribution in [2.45, 2.75) is 13.2 Å². The zero-order valence-corrected chi connectivity index (χ0v) is 16.9. The van der Waals surface area contributed by atoms with Crippen molar-refractivity contribution in [3.8, 4) is 23.0 Å². The van der Waals surface area contributed by atoms with Crippen molar-refractivity contribution < 1.29 is 18.9 Å². The van der Waals surface area contributed by atoms with Crippen LogP contribution in [0.25, 0.3) is 0 Å². The highest BCUT2D eigenvalue weighted by atomic mass is 79.9. The fraction of sp³-hybridized carbons (Fsp3) is 0.182. The second-order valence-corrected chi connectivity index (χ2v) is 6.72. The molecule has 3 aromatic carbocycles.